The fraction of sp³-hybridized carbons (Fsp3) is 0.205. The number of aromatic nitrogens is 2. The van der Waals surface area contributed by atoms with Gasteiger partial charge in [0.25, 0.3) is 5.91 Å². The van der Waals surface area contributed by atoms with Crippen molar-refractivity contribution >= 4 is 52.4 Å². The number of nitriles is 1. The molecule has 0 atom stereocenters. The minimum atomic E-state index is -0.334. The molecule has 0 saturated carbocycles. The summed E-state index contributed by atoms with van der Waals surface area (Å²) in [6.07, 6.45) is 1.69. The molecule has 0 bridgehead atoms. The minimum absolute atomic E-state index is 0.183. The van der Waals surface area contributed by atoms with Crippen molar-refractivity contribution in [1.82, 2.24) is 14.9 Å². The highest BCUT2D eigenvalue weighted by molar-refractivity contribution is 6.34. The Morgan fingerprint density at radius 1 is 0.980 bits per heavy atom. The Kier molecular flexibility index (Phi) is 10.8. The molecule has 4 aromatic carbocycles. The second-order valence-corrected chi connectivity index (χ2v) is 12.3. The maximum atomic E-state index is 13.7. The number of nitrogens with zero attached hydrogens (tertiary/aromatic N) is 6. The number of rotatable bonds is 12. The average Bonchev–Trinajstić information content (AvgIpc) is 3.16. The molecule has 0 spiro atoms. The van der Waals surface area contributed by atoms with Gasteiger partial charge in [0, 0.05) is 42.3 Å². The number of anilines is 5. The normalized spacial score (nSPS) is 12.4. The fourth-order valence-corrected chi connectivity index (χ4v) is 5.95. The van der Waals surface area contributed by atoms with Gasteiger partial charge in [0.1, 0.15) is 18.2 Å². The lowest BCUT2D eigenvalue weighted by atomic mass is 10.0. The molecular weight excluding hydrogens is 664 g/mol. The van der Waals surface area contributed by atoms with Crippen molar-refractivity contribution in [3.63, 3.8) is 0 Å². The first-order valence-corrected chi connectivity index (χ1v) is 17.0. The Morgan fingerprint density at radius 3 is 2.45 bits per heavy atom. The average molecular weight is 701 g/mol. The van der Waals surface area contributed by atoms with Crippen LogP contribution in [-0.4, -0.2) is 60.1 Å². The molecular formula is C39H37ClN8O3. The Bertz CT molecular complexity index is 2080. The van der Waals surface area contributed by atoms with Crippen molar-refractivity contribution < 1.29 is 14.3 Å². The van der Waals surface area contributed by atoms with E-state index in [0.29, 0.717) is 45.9 Å². The molecule has 51 heavy (non-hydrogen) atoms. The predicted octanol–water partition coefficient (Wildman–Crippen LogP) is 7.96. The van der Waals surface area contributed by atoms with E-state index >= 15 is 0 Å². The van der Waals surface area contributed by atoms with Crippen molar-refractivity contribution in [3.8, 4) is 22.9 Å². The molecule has 2 N–H and O–H groups in total. The number of halogens is 1. The third kappa shape index (κ3) is 8.10. The van der Waals surface area contributed by atoms with E-state index in [4.69, 9.17) is 21.6 Å². The fourth-order valence-electron chi connectivity index (χ4n) is 5.73. The van der Waals surface area contributed by atoms with E-state index in [9.17, 15) is 9.59 Å². The number of ether oxygens (including phenoxy) is 1. The first kappa shape index (κ1) is 34.9. The summed E-state index contributed by atoms with van der Waals surface area (Å²) in [6.45, 7) is 7.91. The van der Waals surface area contributed by atoms with E-state index < -0.39 is 0 Å². The molecule has 258 valence electrons. The Morgan fingerprint density at radius 2 is 1.73 bits per heavy atom. The largest absolute Gasteiger partial charge is 0.492 e. The van der Waals surface area contributed by atoms with E-state index in [1.807, 2.05) is 42.5 Å². The molecule has 0 fully saturated rings. The molecule has 3 amide bonds. The number of urea groups is 1. The van der Waals surface area contributed by atoms with Gasteiger partial charge >= 0.3 is 6.03 Å². The highest BCUT2D eigenvalue weighted by Crippen LogP contribution is 2.36. The predicted molar refractivity (Wildman–Crippen MR) is 201 cm³/mol. The van der Waals surface area contributed by atoms with Gasteiger partial charge < -0.3 is 20.3 Å². The molecule has 1 aromatic heterocycles. The summed E-state index contributed by atoms with van der Waals surface area (Å²) in [7, 11) is 1.65. The van der Waals surface area contributed by atoms with Gasteiger partial charge in [-0.05, 0) is 90.9 Å². The zero-order valence-electron chi connectivity index (χ0n) is 28.6. The zero-order chi connectivity index (χ0) is 35.9. The van der Waals surface area contributed by atoms with E-state index in [0.717, 1.165) is 47.8 Å². The monoisotopic (exact) mass is 700 g/mol. The van der Waals surface area contributed by atoms with Gasteiger partial charge in [0.05, 0.1) is 28.9 Å². The Balaban J connectivity index is 1.13. The second kappa shape index (κ2) is 15.7. The van der Waals surface area contributed by atoms with Crippen LogP contribution < -0.4 is 25.2 Å². The summed E-state index contributed by atoms with van der Waals surface area (Å²) in [6, 6.07) is 28.8. The molecule has 0 radical (unpaired) electrons. The maximum Gasteiger partial charge on any atom is 0.330 e. The quantitative estimate of drug-likeness (QED) is 0.134. The van der Waals surface area contributed by atoms with Crippen LogP contribution in [0, 0.1) is 11.3 Å². The van der Waals surface area contributed by atoms with Crippen LogP contribution in [0.15, 0.2) is 97.2 Å². The number of benzene rings is 4. The van der Waals surface area contributed by atoms with E-state index in [-0.39, 0.29) is 18.5 Å². The zero-order valence-corrected chi connectivity index (χ0v) is 29.3. The first-order valence-electron chi connectivity index (χ1n) is 16.6. The summed E-state index contributed by atoms with van der Waals surface area (Å²) >= 11 is 6.62. The molecule has 0 saturated heterocycles. The van der Waals surface area contributed by atoms with Crippen LogP contribution >= 0.6 is 11.6 Å². The van der Waals surface area contributed by atoms with Crippen LogP contribution in [0.25, 0.3) is 11.1 Å². The van der Waals surface area contributed by atoms with Gasteiger partial charge in [-0.1, -0.05) is 49.7 Å². The summed E-state index contributed by atoms with van der Waals surface area (Å²) in [4.78, 5) is 41.4. The highest BCUT2D eigenvalue weighted by atomic mass is 35.5. The Hall–Kier alpha value is -5.96. The van der Waals surface area contributed by atoms with Gasteiger partial charge in [-0.15, -0.1) is 0 Å². The number of carbonyl (C=O) groups is 2. The third-order valence-electron chi connectivity index (χ3n) is 8.65. The van der Waals surface area contributed by atoms with Crippen molar-refractivity contribution in [3.05, 3.63) is 119 Å². The van der Waals surface area contributed by atoms with E-state index in [1.54, 1.807) is 61.8 Å². The van der Waals surface area contributed by atoms with Gasteiger partial charge in [0.2, 0.25) is 5.95 Å². The summed E-state index contributed by atoms with van der Waals surface area (Å²) in [5.41, 5.74) is 5.16. The lowest BCUT2D eigenvalue weighted by molar-refractivity contribution is 0.102. The van der Waals surface area contributed by atoms with Crippen LogP contribution in [0.3, 0.4) is 0 Å². The first-order chi connectivity index (χ1) is 24.8. The van der Waals surface area contributed by atoms with Crippen LogP contribution in [0.4, 0.5) is 33.6 Å². The number of nitrogens with one attached hydrogen (secondary N) is 2. The number of fused-ring (bicyclic) bond motifs is 1. The smallest absolute Gasteiger partial charge is 0.330 e. The van der Waals surface area contributed by atoms with Gasteiger partial charge in [-0.25, -0.2) is 9.78 Å². The number of carbonyl (C=O) groups excluding carboxylic acids is 2. The lowest BCUT2D eigenvalue weighted by Crippen LogP contribution is -2.46. The molecule has 0 aliphatic carbocycles. The second-order valence-electron chi connectivity index (χ2n) is 11.9. The van der Waals surface area contributed by atoms with Crippen molar-refractivity contribution in [2.75, 3.05) is 53.7 Å². The Labute approximate surface area is 302 Å². The van der Waals surface area contributed by atoms with Crippen molar-refractivity contribution in [1.29, 1.82) is 5.26 Å². The molecule has 5 aromatic rings. The number of likely N-dealkylation sites (N-methyl/N-ethyl adjacent to an activating group) is 1. The number of hydrogen-bond donors (Lipinski definition) is 2. The maximum absolute atomic E-state index is 13.7. The lowest BCUT2D eigenvalue weighted by Gasteiger charge is -2.34. The van der Waals surface area contributed by atoms with E-state index in [1.165, 1.54) is 9.80 Å². The number of hydrogen-bond acceptors (Lipinski definition) is 8. The van der Waals surface area contributed by atoms with Crippen LogP contribution in [0.2, 0.25) is 5.02 Å². The molecule has 1 aliphatic rings. The summed E-state index contributed by atoms with van der Waals surface area (Å²) < 4.78 is 5.89. The number of amides is 3. The van der Waals surface area contributed by atoms with Crippen LogP contribution in [0.1, 0.15) is 35.3 Å². The van der Waals surface area contributed by atoms with Crippen molar-refractivity contribution in [2.24, 2.45) is 0 Å². The van der Waals surface area contributed by atoms with Gasteiger partial charge in [0.15, 0.2) is 0 Å². The SMILES string of the molecule is CCN(CC)CCOc1ccc(Nc2ncc3c(n2)N(C)C(=O)N(c2cc(NC(=O)c4cccc(-c5ccc(C#N)cc5)c4)ccc2Cl)C3)cc1. The molecule has 0 unspecified atom stereocenters. The van der Waals surface area contributed by atoms with Gasteiger partial charge in [-0.2, -0.15) is 10.2 Å². The highest BCUT2D eigenvalue weighted by Gasteiger charge is 2.32. The van der Waals surface area contributed by atoms with Crippen molar-refractivity contribution in [2.45, 2.75) is 20.4 Å². The van der Waals surface area contributed by atoms with Gasteiger partial charge in [-0.3, -0.25) is 14.6 Å². The molecule has 12 heteroatoms. The molecule has 6 rings (SSSR count). The summed E-state index contributed by atoms with van der Waals surface area (Å²) in [5.74, 6) is 1.29. The topological polar surface area (TPSA) is 127 Å². The summed E-state index contributed by atoms with van der Waals surface area (Å²) in [5, 5.41) is 15.6. The molecule has 2 heterocycles. The molecule has 1 aliphatic heterocycles. The third-order valence-corrected chi connectivity index (χ3v) is 8.97. The van der Waals surface area contributed by atoms with Crippen LogP contribution in [0.5, 0.6) is 5.75 Å². The molecule has 11 nitrogen and oxygen atoms in total. The van der Waals surface area contributed by atoms with Crippen LogP contribution in [-0.2, 0) is 6.54 Å². The van der Waals surface area contributed by atoms with E-state index in [2.05, 4.69) is 45.4 Å². The standard InChI is InChI=1S/C39H37ClN8O3/c1-4-47(5-2)19-20-51-33-16-13-31(14-17-33)44-38-42-24-30-25-48(39(50)46(3)36(30)45-38)35-22-32(15-18-34(35)40)43-37(49)29-8-6-7-28(21-29)27-11-9-26(23-41)10-12-27/h6-18,21-22,24H,4-5,19-20,25H2,1-3H3,(H,43,49)(H,42,44,45). The minimum Gasteiger partial charge on any atom is -0.492 e.